The van der Waals surface area contributed by atoms with Crippen LogP contribution in [0.3, 0.4) is 0 Å². The topological polar surface area (TPSA) is 90.9 Å². The van der Waals surface area contributed by atoms with Gasteiger partial charge in [0.1, 0.15) is 0 Å². The van der Waals surface area contributed by atoms with Crippen molar-refractivity contribution in [2.45, 2.75) is 46.1 Å². The number of ether oxygens (including phenoxy) is 3. The minimum absolute atomic E-state index is 0.100. The summed E-state index contributed by atoms with van der Waals surface area (Å²) in [7, 11) is 1.45. The number of hydrogen-bond donors (Lipinski definition) is 1. The van der Waals surface area contributed by atoms with E-state index in [4.69, 9.17) is 14.2 Å². The van der Waals surface area contributed by atoms with Crippen molar-refractivity contribution in [3.05, 3.63) is 23.8 Å². The monoisotopic (exact) mass is 391 g/mol. The van der Waals surface area contributed by atoms with Gasteiger partial charge in [-0.3, -0.25) is 9.59 Å². The van der Waals surface area contributed by atoms with Gasteiger partial charge in [-0.15, -0.1) is 0 Å². The first-order chi connectivity index (χ1) is 13.3. The van der Waals surface area contributed by atoms with Crippen LogP contribution in [0.5, 0.6) is 11.5 Å². The van der Waals surface area contributed by atoms with E-state index >= 15 is 0 Å². The molecule has 28 heavy (non-hydrogen) atoms. The van der Waals surface area contributed by atoms with Crippen molar-refractivity contribution in [2.75, 3.05) is 20.3 Å². The summed E-state index contributed by atoms with van der Waals surface area (Å²) in [5.74, 6) is 0.580. The second kappa shape index (κ2) is 10.1. The van der Waals surface area contributed by atoms with Crippen molar-refractivity contribution in [1.82, 2.24) is 5.32 Å². The summed E-state index contributed by atoms with van der Waals surface area (Å²) in [6.07, 6.45) is 3.22. The lowest BCUT2D eigenvalue weighted by Gasteiger charge is -2.34. The van der Waals surface area contributed by atoms with E-state index < -0.39 is 5.97 Å². The van der Waals surface area contributed by atoms with Gasteiger partial charge < -0.3 is 19.5 Å². The maximum absolute atomic E-state index is 12.1. The molecule has 7 nitrogen and oxygen atoms in total. The molecule has 2 rings (SSSR count). The molecule has 1 amide bonds. The van der Waals surface area contributed by atoms with Crippen LogP contribution in [0.4, 0.5) is 0 Å². The van der Waals surface area contributed by atoms with Gasteiger partial charge in [0.15, 0.2) is 30.5 Å². The molecule has 0 spiro atoms. The van der Waals surface area contributed by atoms with Crippen LogP contribution >= 0.6 is 0 Å². The molecule has 154 valence electrons. The Hall–Kier alpha value is -2.57. The van der Waals surface area contributed by atoms with Gasteiger partial charge in [0.05, 0.1) is 7.11 Å². The number of carbonyl (C=O) groups is 3. The standard InChI is InChI=1S/C21H29NO6/c1-13-6-5-7-17(14(13)2)22-20(24)11-28-21(25)12-27-18-9-8-16(15(3)23)10-19(18)26-4/h8-10,13-14,17H,5-7,11-12H2,1-4H3,(H,22,24)/t13-,14-,17-/m1/s1. The highest BCUT2D eigenvalue weighted by atomic mass is 16.6. The molecular formula is C21H29NO6. The number of hydrogen-bond acceptors (Lipinski definition) is 6. The van der Waals surface area contributed by atoms with Crippen LogP contribution in [-0.2, 0) is 14.3 Å². The maximum atomic E-state index is 12.1. The van der Waals surface area contributed by atoms with Crippen LogP contribution in [0, 0.1) is 11.8 Å². The lowest BCUT2D eigenvalue weighted by molar-refractivity contribution is -0.150. The highest BCUT2D eigenvalue weighted by Gasteiger charge is 2.28. The molecule has 1 N–H and O–H groups in total. The van der Waals surface area contributed by atoms with E-state index in [1.54, 1.807) is 18.2 Å². The average molecular weight is 391 g/mol. The number of carbonyl (C=O) groups excluding carboxylic acids is 3. The Morgan fingerprint density at radius 1 is 1.11 bits per heavy atom. The number of ketones is 1. The fourth-order valence-electron chi connectivity index (χ4n) is 3.36. The van der Waals surface area contributed by atoms with Gasteiger partial charge in [0.2, 0.25) is 0 Å². The third-order valence-corrected chi connectivity index (χ3v) is 5.33. The molecule has 0 heterocycles. The van der Waals surface area contributed by atoms with E-state index in [0.717, 1.165) is 12.8 Å². The molecule has 3 atom stereocenters. The quantitative estimate of drug-likeness (QED) is 0.541. The summed E-state index contributed by atoms with van der Waals surface area (Å²) in [6.45, 7) is 5.09. The number of rotatable bonds is 8. The molecule has 0 radical (unpaired) electrons. The molecule has 0 aliphatic heterocycles. The number of Topliss-reactive ketones (excluding diaryl/α,β-unsaturated/α-hetero) is 1. The third-order valence-electron chi connectivity index (χ3n) is 5.33. The number of amides is 1. The minimum atomic E-state index is -0.655. The van der Waals surface area contributed by atoms with Crippen LogP contribution in [0.15, 0.2) is 18.2 Å². The minimum Gasteiger partial charge on any atom is -0.493 e. The van der Waals surface area contributed by atoms with Crippen molar-refractivity contribution in [2.24, 2.45) is 11.8 Å². The van der Waals surface area contributed by atoms with E-state index in [9.17, 15) is 14.4 Å². The number of nitrogens with one attached hydrogen (secondary N) is 1. The van der Waals surface area contributed by atoms with Gasteiger partial charge in [0.25, 0.3) is 5.91 Å². The summed E-state index contributed by atoms with van der Waals surface area (Å²) in [5, 5.41) is 2.95. The van der Waals surface area contributed by atoms with Gasteiger partial charge >= 0.3 is 5.97 Å². The molecule has 1 fully saturated rings. The summed E-state index contributed by atoms with van der Waals surface area (Å²) < 4.78 is 15.6. The third kappa shape index (κ3) is 5.97. The molecule has 0 saturated heterocycles. The van der Waals surface area contributed by atoms with E-state index in [2.05, 4.69) is 19.2 Å². The maximum Gasteiger partial charge on any atom is 0.344 e. The highest BCUT2D eigenvalue weighted by molar-refractivity contribution is 5.94. The molecule has 1 saturated carbocycles. The number of methoxy groups -OCH3 is 1. The Morgan fingerprint density at radius 2 is 1.86 bits per heavy atom. The first-order valence-electron chi connectivity index (χ1n) is 9.58. The summed E-state index contributed by atoms with van der Waals surface area (Å²) >= 11 is 0. The summed E-state index contributed by atoms with van der Waals surface area (Å²) in [5.41, 5.74) is 0.481. The van der Waals surface area contributed by atoms with E-state index in [1.807, 2.05) is 0 Å². The first-order valence-corrected chi connectivity index (χ1v) is 9.58. The van der Waals surface area contributed by atoms with Crippen LogP contribution < -0.4 is 14.8 Å². The van der Waals surface area contributed by atoms with Gasteiger partial charge in [0, 0.05) is 11.6 Å². The van der Waals surface area contributed by atoms with Crippen molar-refractivity contribution in [3.63, 3.8) is 0 Å². The SMILES string of the molecule is COc1cc(C(C)=O)ccc1OCC(=O)OCC(=O)N[C@@H]1CCC[C@@H](C)[C@H]1C. The molecule has 0 bridgehead atoms. The van der Waals surface area contributed by atoms with Crippen LogP contribution in [-0.4, -0.2) is 44.0 Å². The summed E-state index contributed by atoms with van der Waals surface area (Å²) in [6, 6.07) is 4.81. The molecule has 0 aromatic heterocycles. The molecule has 7 heteroatoms. The van der Waals surface area contributed by atoms with Crippen molar-refractivity contribution in [1.29, 1.82) is 0 Å². The Morgan fingerprint density at radius 3 is 2.54 bits per heavy atom. The largest absolute Gasteiger partial charge is 0.493 e. The fourth-order valence-corrected chi connectivity index (χ4v) is 3.36. The van der Waals surface area contributed by atoms with Gasteiger partial charge in [-0.25, -0.2) is 4.79 Å². The predicted octanol–water partition coefficient (Wildman–Crippen LogP) is 2.76. The average Bonchev–Trinajstić information content (AvgIpc) is 2.68. The van der Waals surface area contributed by atoms with Crippen LogP contribution in [0.1, 0.15) is 50.4 Å². The first kappa shape index (κ1) is 21.7. The van der Waals surface area contributed by atoms with Crippen molar-refractivity contribution < 1.29 is 28.6 Å². The molecule has 1 aromatic carbocycles. The molecule has 1 aliphatic rings. The molecule has 1 aromatic rings. The zero-order chi connectivity index (χ0) is 20.7. The molecule has 1 aliphatic carbocycles. The second-order valence-electron chi connectivity index (χ2n) is 7.31. The Labute approximate surface area is 165 Å². The lowest BCUT2D eigenvalue weighted by Crippen LogP contribution is -2.45. The normalized spacial score (nSPS) is 21.5. The van der Waals surface area contributed by atoms with Crippen molar-refractivity contribution in [3.8, 4) is 11.5 Å². The van der Waals surface area contributed by atoms with E-state index in [0.29, 0.717) is 28.9 Å². The van der Waals surface area contributed by atoms with E-state index in [-0.39, 0.29) is 30.9 Å². The fraction of sp³-hybridized carbons (Fsp3) is 0.571. The summed E-state index contributed by atoms with van der Waals surface area (Å²) in [4.78, 5) is 35.4. The smallest absolute Gasteiger partial charge is 0.344 e. The number of esters is 1. The zero-order valence-corrected chi connectivity index (χ0v) is 16.9. The zero-order valence-electron chi connectivity index (χ0n) is 16.9. The van der Waals surface area contributed by atoms with Gasteiger partial charge in [-0.1, -0.05) is 26.7 Å². The Kier molecular flexibility index (Phi) is 7.84. The second-order valence-corrected chi connectivity index (χ2v) is 7.31. The molecular weight excluding hydrogens is 362 g/mol. The number of benzene rings is 1. The molecule has 0 unspecified atom stereocenters. The highest BCUT2D eigenvalue weighted by Crippen LogP contribution is 2.29. The predicted molar refractivity (Wildman–Crippen MR) is 104 cm³/mol. The van der Waals surface area contributed by atoms with Gasteiger partial charge in [-0.05, 0) is 43.4 Å². The van der Waals surface area contributed by atoms with Crippen molar-refractivity contribution >= 4 is 17.7 Å². The van der Waals surface area contributed by atoms with Crippen LogP contribution in [0.25, 0.3) is 0 Å². The Bertz CT molecular complexity index is 717. The lowest BCUT2D eigenvalue weighted by atomic mass is 9.78. The van der Waals surface area contributed by atoms with Crippen LogP contribution in [0.2, 0.25) is 0 Å². The van der Waals surface area contributed by atoms with Gasteiger partial charge in [-0.2, -0.15) is 0 Å². The van der Waals surface area contributed by atoms with E-state index in [1.165, 1.54) is 20.5 Å². The Balaban J connectivity index is 1.78.